The predicted octanol–water partition coefficient (Wildman–Crippen LogP) is 3.15. The highest BCUT2D eigenvalue weighted by atomic mass is 15.2. The van der Waals surface area contributed by atoms with Crippen LogP contribution in [0.4, 0.5) is 0 Å². The van der Waals surface area contributed by atoms with E-state index in [9.17, 15) is 0 Å². The molecule has 0 saturated heterocycles. The normalized spacial score (nSPS) is 10.5. The lowest BCUT2D eigenvalue weighted by Gasteiger charge is -2.03. The smallest absolute Gasteiger partial charge is 0.0923 e. The number of pyridine rings is 1. The van der Waals surface area contributed by atoms with E-state index in [4.69, 9.17) is 0 Å². The van der Waals surface area contributed by atoms with Crippen LogP contribution >= 0.6 is 0 Å². The largest absolute Gasteiger partial charge is 0.275 e. The third kappa shape index (κ3) is 2.02. The standard InChI is InChI=1S/C15H13N3/c1-18-9-7-15(17-18)13-5-2-4-12(10-13)14-6-3-8-16-11-14/h2-11H,1H3. The number of hydrogen-bond donors (Lipinski definition) is 0. The van der Waals surface area contributed by atoms with Crippen molar-refractivity contribution in [2.24, 2.45) is 7.05 Å². The molecule has 0 radical (unpaired) electrons. The molecule has 0 spiro atoms. The fraction of sp³-hybridized carbons (Fsp3) is 0.0667. The van der Waals surface area contributed by atoms with Crippen LogP contribution in [0.5, 0.6) is 0 Å². The van der Waals surface area contributed by atoms with Crippen molar-refractivity contribution >= 4 is 0 Å². The van der Waals surface area contributed by atoms with Crippen molar-refractivity contribution in [2.75, 3.05) is 0 Å². The molecule has 0 aliphatic carbocycles. The number of nitrogens with zero attached hydrogens (tertiary/aromatic N) is 3. The molecule has 0 bridgehead atoms. The summed E-state index contributed by atoms with van der Waals surface area (Å²) in [7, 11) is 1.93. The highest BCUT2D eigenvalue weighted by Gasteiger charge is 2.03. The quantitative estimate of drug-likeness (QED) is 0.683. The minimum atomic E-state index is 0.989. The van der Waals surface area contributed by atoms with Crippen molar-refractivity contribution in [1.82, 2.24) is 14.8 Å². The zero-order valence-corrected chi connectivity index (χ0v) is 10.1. The van der Waals surface area contributed by atoms with Crippen LogP contribution in [0.3, 0.4) is 0 Å². The van der Waals surface area contributed by atoms with Gasteiger partial charge in [-0.05, 0) is 23.8 Å². The first-order valence-corrected chi connectivity index (χ1v) is 5.83. The average Bonchev–Trinajstić information content (AvgIpc) is 2.87. The van der Waals surface area contributed by atoms with Crippen LogP contribution in [-0.4, -0.2) is 14.8 Å². The average molecular weight is 235 g/mol. The van der Waals surface area contributed by atoms with Crippen LogP contribution in [0.2, 0.25) is 0 Å². The van der Waals surface area contributed by atoms with E-state index >= 15 is 0 Å². The van der Waals surface area contributed by atoms with Gasteiger partial charge in [0.15, 0.2) is 0 Å². The second-order valence-electron chi connectivity index (χ2n) is 4.20. The van der Waals surface area contributed by atoms with Gasteiger partial charge in [0, 0.05) is 36.8 Å². The van der Waals surface area contributed by atoms with Crippen LogP contribution in [0.25, 0.3) is 22.4 Å². The molecule has 0 unspecified atom stereocenters. The van der Waals surface area contributed by atoms with Crippen molar-refractivity contribution in [3.8, 4) is 22.4 Å². The summed E-state index contributed by atoms with van der Waals surface area (Å²) in [5, 5.41) is 4.42. The molecule has 2 heterocycles. The van der Waals surface area contributed by atoms with E-state index in [1.165, 1.54) is 0 Å². The molecule has 3 rings (SSSR count). The van der Waals surface area contributed by atoms with Gasteiger partial charge >= 0.3 is 0 Å². The Balaban J connectivity index is 2.05. The molecule has 3 aromatic rings. The molecule has 0 atom stereocenters. The van der Waals surface area contributed by atoms with Gasteiger partial charge in [0.1, 0.15) is 0 Å². The van der Waals surface area contributed by atoms with Crippen LogP contribution in [-0.2, 0) is 7.05 Å². The van der Waals surface area contributed by atoms with E-state index in [0.29, 0.717) is 0 Å². The fourth-order valence-corrected chi connectivity index (χ4v) is 1.96. The van der Waals surface area contributed by atoms with Gasteiger partial charge in [-0.25, -0.2) is 0 Å². The Labute approximate surface area is 106 Å². The van der Waals surface area contributed by atoms with E-state index in [1.807, 2.05) is 42.3 Å². The van der Waals surface area contributed by atoms with Crippen LogP contribution in [0, 0.1) is 0 Å². The summed E-state index contributed by atoms with van der Waals surface area (Å²) in [6.45, 7) is 0. The lowest BCUT2D eigenvalue weighted by molar-refractivity contribution is 0.771. The molecule has 0 aliphatic heterocycles. The molecule has 88 valence electrons. The van der Waals surface area contributed by atoms with Crippen molar-refractivity contribution in [2.45, 2.75) is 0 Å². The van der Waals surface area contributed by atoms with E-state index in [2.05, 4.69) is 34.3 Å². The Morgan fingerprint density at radius 1 is 0.944 bits per heavy atom. The zero-order valence-electron chi connectivity index (χ0n) is 10.1. The first-order chi connectivity index (χ1) is 8.83. The number of rotatable bonds is 2. The van der Waals surface area contributed by atoms with Crippen LogP contribution < -0.4 is 0 Å². The molecular weight excluding hydrogens is 222 g/mol. The fourth-order valence-electron chi connectivity index (χ4n) is 1.96. The second-order valence-corrected chi connectivity index (χ2v) is 4.20. The molecule has 1 aromatic carbocycles. The van der Waals surface area contributed by atoms with Crippen molar-refractivity contribution in [1.29, 1.82) is 0 Å². The molecule has 0 N–H and O–H groups in total. The molecule has 3 nitrogen and oxygen atoms in total. The summed E-state index contributed by atoms with van der Waals surface area (Å²) >= 11 is 0. The minimum Gasteiger partial charge on any atom is -0.275 e. The van der Waals surface area contributed by atoms with Gasteiger partial charge in [0.05, 0.1) is 5.69 Å². The lowest BCUT2D eigenvalue weighted by atomic mass is 10.0. The van der Waals surface area contributed by atoms with E-state index < -0.39 is 0 Å². The molecule has 0 saturated carbocycles. The van der Waals surface area contributed by atoms with E-state index in [1.54, 1.807) is 6.20 Å². The number of aromatic nitrogens is 3. The maximum atomic E-state index is 4.42. The Morgan fingerprint density at radius 3 is 2.50 bits per heavy atom. The third-order valence-corrected chi connectivity index (χ3v) is 2.87. The number of aryl methyl sites for hydroxylation is 1. The first-order valence-electron chi connectivity index (χ1n) is 5.83. The summed E-state index contributed by atoms with van der Waals surface area (Å²) < 4.78 is 1.81. The van der Waals surface area contributed by atoms with Gasteiger partial charge in [-0.3, -0.25) is 9.67 Å². The van der Waals surface area contributed by atoms with Gasteiger partial charge < -0.3 is 0 Å². The summed E-state index contributed by atoms with van der Waals surface area (Å²) in [6, 6.07) is 14.4. The SMILES string of the molecule is Cn1ccc(-c2cccc(-c3cccnc3)c2)n1. The zero-order chi connectivity index (χ0) is 12.4. The van der Waals surface area contributed by atoms with Gasteiger partial charge in [-0.15, -0.1) is 0 Å². The van der Waals surface area contributed by atoms with Crippen LogP contribution in [0.1, 0.15) is 0 Å². The molecule has 2 aromatic heterocycles. The maximum Gasteiger partial charge on any atom is 0.0923 e. The summed E-state index contributed by atoms with van der Waals surface area (Å²) in [5.74, 6) is 0. The summed E-state index contributed by atoms with van der Waals surface area (Å²) in [6.07, 6.45) is 5.61. The van der Waals surface area contributed by atoms with Gasteiger partial charge in [-0.2, -0.15) is 5.10 Å². The van der Waals surface area contributed by atoms with E-state index in [-0.39, 0.29) is 0 Å². The van der Waals surface area contributed by atoms with Gasteiger partial charge in [0.25, 0.3) is 0 Å². The van der Waals surface area contributed by atoms with E-state index in [0.717, 1.165) is 22.4 Å². The van der Waals surface area contributed by atoms with Crippen molar-refractivity contribution < 1.29 is 0 Å². The molecule has 18 heavy (non-hydrogen) atoms. The molecule has 3 heteroatoms. The van der Waals surface area contributed by atoms with Crippen LogP contribution in [0.15, 0.2) is 61.1 Å². The topological polar surface area (TPSA) is 30.7 Å². The first kappa shape index (κ1) is 10.7. The predicted molar refractivity (Wildman–Crippen MR) is 71.9 cm³/mol. The Hall–Kier alpha value is -2.42. The monoisotopic (exact) mass is 235 g/mol. The highest BCUT2D eigenvalue weighted by Crippen LogP contribution is 2.24. The number of benzene rings is 1. The van der Waals surface area contributed by atoms with Gasteiger partial charge in [-0.1, -0.05) is 24.3 Å². The van der Waals surface area contributed by atoms with Crippen molar-refractivity contribution in [3.63, 3.8) is 0 Å². The Kier molecular flexibility index (Phi) is 2.65. The molecular formula is C15H13N3. The molecule has 0 aliphatic rings. The minimum absolute atomic E-state index is 0.989. The second kappa shape index (κ2) is 4.45. The highest BCUT2D eigenvalue weighted by molar-refractivity contribution is 5.70. The number of hydrogen-bond acceptors (Lipinski definition) is 2. The van der Waals surface area contributed by atoms with Gasteiger partial charge in [0.2, 0.25) is 0 Å². The summed E-state index contributed by atoms with van der Waals surface area (Å²) in [5.41, 5.74) is 4.39. The maximum absolute atomic E-state index is 4.42. The summed E-state index contributed by atoms with van der Waals surface area (Å²) in [4.78, 5) is 4.15. The third-order valence-electron chi connectivity index (χ3n) is 2.87. The van der Waals surface area contributed by atoms with Crippen molar-refractivity contribution in [3.05, 3.63) is 61.1 Å². The Bertz CT molecular complexity index is 656. The Morgan fingerprint density at radius 2 is 1.78 bits per heavy atom. The lowest BCUT2D eigenvalue weighted by Crippen LogP contribution is -1.88. The molecule has 0 amide bonds. The molecule has 0 fully saturated rings.